The van der Waals surface area contributed by atoms with Crippen molar-refractivity contribution in [2.75, 3.05) is 13.1 Å². The summed E-state index contributed by atoms with van der Waals surface area (Å²) in [5.74, 6) is -14.4. The molecule has 0 bridgehead atoms. The highest BCUT2D eigenvalue weighted by Crippen LogP contribution is 2.55. The van der Waals surface area contributed by atoms with Crippen LogP contribution < -0.4 is 0 Å². The van der Waals surface area contributed by atoms with Gasteiger partial charge in [0.25, 0.3) is 10.0 Å². The van der Waals surface area contributed by atoms with Crippen molar-refractivity contribution in [3.05, 3.63) is 0 Å². The van der Waals surface area contributed by atoms with Gasteiger partial charge in [-0.15, -0.1) is 0 Å². The molecule has 0 unspecified atom stereocenters. The van der Waals surface area contributed by atoms with Gasteiger partial charge in [0.2, 0.25) is 0 Å². The van der Waals surface area contributed by atoms with Gasteiger partial charge in [-0.25, -0.2) is 8.42 Å². The van der Waals surface area contributed by atoms with Crippen molar-refractivity contribution in [1.82, 2.24) is 4.31 Å². The first-order chi connectivity index (χ1) is 9.61. The molecule has 132 valence electrons. The van der Waals surface area contributed by atoms with E-state index in [9.17, 15) is 47.9 Å². The molecular formula is C9H10F9NO2S. The summed E-state index contributed by atoms with van der Waals surface area (Å²) >= 11 is 0. The van der Waals surface area contributed by atoms with E-state index in [0.717, 1.165) is 0 Å². The molecule has 1 aliphatic heterocycles. The Kier molecular flexibility index (Phi) is 4.77. The summed E-state index contributed by atoms with van der Waals surface area (Å²) in [6.45, 7) is -1.32. The van der Waals surface area contributed by atoms with Crippen LogP contribution in [-0.4, -0.2) is 49.1 Å². The third kappa shape index (κ3) is 2.65. The Morgan fingerprint density at radius 2 is 1.09 bits per heavy atom. The van der Waals surface area contributed by atoms with Crippen molar-refractivity contribution in [2.45, 2.75) is 42.5 Å². The molecule has 22 heavy (non-hydrogen) atoms. The number of sulfonamides is 1. The average molecular weight is 367 g/mol. The summed E-state index contributed by atoms with van der Waals surface area (Å²) in [7, 11) is -6.39. The summed E-state index contributed by atoms with van der Waals surface area (Å²) < 4.78 is 137. The Bertz CT molecular complexity index is 508. The van der Waals surface area contributed by atoms with E-state index >= 15 is 0 Å². The number of piperidine rings is 1. The Hall–Kier alpha value is -0.720. The van der Waals surface area contributed by atoms with Gasteiger partial charge < -0.3 is 0 Å². The fraction of sp³-hybridized carbons (Fsp3) is 1.00. The minimum absolute atomic E-state index is 0.00343. The van der Waals surface area contributed by atoms with Crippen LogP contribution in [0.1, 0.15) is 19.3 Å². The third-order valence-electron chi connectivity index (χ3n) is 3.09. The molecule has 1 fully saturated rings. The summed E-state index contributed by atoms with van der Waals surface area (Å²) in [5.41, 5.74) is 0. The predicted octanol–water partition coefficient (Wildman–Crippen LogP) is 3.23. The first-order valence-electron chi connectivity index (χ1n) is 5.80. The van der Waals surface area contributed by atoms with Gasteiger partial charge in [-0.1, -0.05) is 6.42 Å². The first kappa shape index (κ1) is 19.3. The molecule has 3 nitrogen and oxygen atoms in total. The van der Waals surface area contributed by atoms with Crippen molar-refractivity contribution in [3.8, 4) is 0 Å². The summed E-state index contributed by atoms with van der Waals surface area (Å²) in [4.78, 5) is 0. The van der Waals surface area contributed by atoms with Crippen molar-refractivity contribution in [1.29, 1.82) is 0 Å². The van der Waals surface area contributed by atoms with E-state index in [1.165, 1.54) is 0 Å². The van der Waals surface area contributed by atoms with Crippen LogP contribution in [0.3, 0.4) is 0 Å². The van der Waals surface area contributed by atoms with E-state index < -0.39 is 46.4 Å². The Morgan fingerprint density at radius 1 is 0.682 bits per heavy atom. The van der Waals surface area contributed by atoms with Crippen LogP contribution in [-0.2, 0) is 10.0 Å². The van der Waals surface area contributed by atoms with Crippen LogP contribution in [0.25, 0.3) is 0 Å². The van der Waals surface area contributed by atoms with Gasteiger partial charge in [-0.3, -0.25) is 0 Å². The van der Waals surface area contributed by atoms with Gasteiger partial charge in [0.1, 0.15) is 0 Å². The molecule has 1 aliphatic rings. The first-order valence-corrected chi connectivity index (χ1v) is 7.24. The number of nitrogens with zero attached hydrogens (tertiary/aromatic N) is 1. The van der Waals surface area contributed by atoms with Crippen LogP contribution >= 0.6 is 0 Å². The monoisotopic (exact) mass is 367 g/mol. The summed E-state index contributed by atoms with van der Waals surface area (Å²) in [5, 5.41) is -6.61. The molecule has 0 radical (unpaired) electrons. The van der Waals surface area contributed by atoms with E-state index in [0.29, 0.717) is 6.42 Å². The van der Waals surface area contributed by atoms with Gasteiger partial charge in [0.15, 0.2) is 0 Å². The van der Waals surface area contributed by atoms with Gasteiger partial charge in [0, 0.05) is 13.1 Å². The minimum atomic E-state index is -7.22. The molecule has 1 saturated heterocycles. The quantitative estimate of drug-likeness (QED) is 0.716. The fourth-order valence-electron chi connectivity index (χ4n) is 1.79. The SMILES string of the molecule is O=S(=O)(N1CCCCC1)C(F)(F)C(F)(F)C(F)(F)C(F)(F)F. The lowest BCUT2D eigenvalue weighted by atomic mass is 10.1. The highest BCUT2D eigenvalue weighted by molar-refractivity contribution is 7.90. The Labute approximate surface area is 119 Å². The molecule has 1 heterocycles. The molecule has 0 aromatic carbocycles. The number of hydrogen-bond acceptors (Lipinski definition) is 2. The third-order valence-corrected chi connectivity index (χ3v) is 5.04. The number of alkyl halides is 9. The molecule has 0 saturated carbocycles. The molecule has 0 aromatic rings. The molecular weight excluding hydrogens is 357 g/mol. The largest absolute Gasteiger partial charge is 0.460 e. The van der Waals surface area contributed by atoms with Gasteiger partial charge >= 0.3 is 23.3 Å². The molecule has 13 heteroatoms. The van der Waals surface area contributed by atoms with Gasteiger partial charge in [0.05, 0.1) is 0 Å². The van der Waals surface area contributed by atoms with Crippen molar-refractivity contribution in [2.24, 2.45) is 0 Å². The average Bonchev–Trinajstić information content (AvgIpc) is 2.37. The zero-order chi connectivity index (χ0) is 17.6. The standard InChI is InChI=1S/C9H10F9NO2S/c10-6(11,8(14,15)16)7(12,13)9(17,18)22(20,21)19-4-2-1-3-5-19/h1-5H2. The normalized spacial score (nSPS) is 20.2. The van der Waals surface area contributed by atoms with Crippen molar-refractivity contribution in [3.63, 3.8) is 0 Å². The number of hydrogen-bond donors (Lipinski definition) is 0. The van der Waals surface area contributed by atoms with Crippen molar-refractivity contribution >= 4 is 10.0 Å². The summed E-state index contributed by atoms with van der Waals surface area (Å²) in [6, 6.07) is 0. The van der Waals surface area contributed by atoms with Gasteiger partial charge in [-0.05, 0) is 12.8 Å². The highest BCUT2D eigenvalue weighted by Gasteiger charge is 2.85. The molecule has 0 spiro atoms. The zero-order valence-corrected chi connectivity index (χ0v) is 11.4. The second-order valence-electron chi connectivity index (χ2n) is 4.63. The molecule has 0 aliphatic carbocycles. The predicted molar refractivity (Wildman–Crippen MR) is 55.2 cm³/mol. The van der Waals surface area contributed by atoms with Crippen molar-refractivity contribution < 1.29 is 47.9 Å². The highest BCUT2D eigenvalue weighted by atomic mass is 32.2. The maximum absolute atomic E-state index is 13.4. The number of halogens is 9. The second-order valence-corrected chi connectivity index (χ2v) is 6.61. The van der Waals surface area contributed by atoms with Crippen LogP contribution in [0.2, 0.25) is 0 Å². The molecule has 0 aromatic heterocycles. The minimum Gasteiger partial charge on any atom is -0.206 e. The lowest BCUT2D eigenvalue weighted by Crippen LogP contribution is -2.65. The van der Waals surface area contributed by atoms with E-state index in [1.54, 1.807) is 0 Å². The second kappa shape index (κ2) is 5.42. The Balaban J connectivity index is 3.31. The number of rotatable bonds is 4. The smallest absolute Gasteiger partial charge is 0.206 e. The molecule has 0 N–H and O–H groups in total. The maximum atomic E-state index is 13.4. The molecule has 1 rings (SSSR count). The van der Waals surface area contributed by atoms with E-state index in [1.807, 2.05) is 0 Å². The van der Waals surface area contributed by atoms with E-state index in [-0.39, 0.29) is 17.1 Å². The van der Waals surface area contributed by atoms with E-state index in [4.69, 9.17) is 0 Å². The maximum Gasteiger partial charge on any atom is 0.460 e. The summed E-state index contributed by atoms with van der Waals surface area (Å²) in [6.07, 6.45) is -6.67. The lowest BCUT2D eigenvalue weighted by Gasteiger charge is -2.36. The van der Waals surface area contributed by atoms with E-state index in [2.05, 4.69) is 0 Å². The van der Waals surface area contributed by atoms with Crippen LogP contribution in [0.15, 0.2) is 0 Å². The topological polar surface area (TPSA) is 37.4 Å². The van der Waals surface area contributed by atoms with Gasteiger partial charge in [-0.2, -0.15) is 43.8 Å². The Morgan fingerprint density at radius 3 is 1.45 bits per heavy atom. The molecule has 0 atom stereocenters. The fourth-order valence-corrected chi connectivity index (χ4v) is 3.31. The molecule has 0 amide bonds. The lowest BCUT2D eigenvalue weighted by molar-refractivity contribution is -0.382. The van der Waals surface area contributed by atoms with Crippen LogP contribution in [0, 0.1) is 0 Å². The van der Waals surface area contributed by atoms with Crippen LogP contribution in [0.5, 0.6) is 0 Å². The zero-order valence-electron chi connectivity index (χ0n) is 10.6. The van der Waals surface area contributed by atoms with Crippen LogP contribution in [0.4, 0.5) is 39.5 Å².